The molecule has 0 bridgehead atoms. The Morgan fingerprint density at radius 3 is 2.26 bits per heavy atom. The minimum Gasteiger partial charge on any atom is -0.444 e. The van der Waals surface area contributed by atoms with E-state index in [2.05, 4.69) is 0 Å². The monoisotopic (exact) mass is 293 g/mol. The molecule has 1 rings (SSSR count). The average Bonchev–Trinajstić information content (AvgIpc) is 2.09. The van der Waals surface area contributed by atoms with Crippen molar-refractivity contribution in [3.63, 3.8) is 0 Å². The summed E-state index contributed by atoms with van der Waals surface area (Å²) in [5.74, 6) is 0.268. The molecule has 0 heterocycles. The van der Waals surface area contributed by atoms with E-state index in [1.54, 1.807) is 7.05 Å². The third-order valence-electron chi connectivity index (χ3n) is 2.74. The number of carbonyl (C=O) groups is 1. The predicted octanol–water partition coefficient (Wildman–Crippen LogP) is 1.61. The molecular formula is C12H23NO5S. The van der Waals surface area contributed by atoms with Gasteiger partial charge in [-0.3, -0.25) is 4.18 Å². The van der Waals surface area contributed by atoms with Crippen molar-refractivity contribution in [2.75, 3.05) is 19.8 Å². The second kappa shape index (κ2) is 5.66. The summed E-state index contributed by atoms with van der Waals surface area (Å²) in [6, 6.07) is 0. The predicted molar refractivity (Wildman–Crippen MR) is 71.3 cm³/mol. The Hall–Kier alpha value is -0.820. The van der Waals surface area contributed by atoms with Crippen molar-refractivity contribution in [3.05, 3.63) is 0 Å². The summed E-state index contributed by atoms with van der Waals surface area (Å²) in [5, 5.41) is 0. The van der Waals surface area contributed by atoms with Crippen LogP contribution in [0.1, 0.15) is 33.6 Å². The number of hydrogen-bond acceptors (Lipinski definition) is 5. The Morgan fingerprint density at radius 1 is 1.32 bits per heavy atom. The number of nitrogens with zero attached hydrogens (tertiary/aromatic N) is 1. The van der Waals surface area contributed by atoms with E-state index in [1.807, 2.05) is 20.8 Å². The highest BCUT2D eigenvalue weighted by atomic mass is 32.2. The van der Waals surface area contributed by atoms with E-state index < -0.39 is 15.7 Å². The molecule has 1 saturated carbocycles. The molecular weight excluding hydrogens is 270 g/mol. The van der Waals surface area contributed by atoms with Gasteiger partial charge in [-0.1, -0.05) is 0 Å². The van der Waals surface area contributed by atoms with E-state index in [4.69, 9.17) is 8.92 Å². The van der Waals surface area contributed by atoms with Crippen molar-refractivity contribution < 1.29 is 22.1 Å². The highest BCUT2D eigenvalue weighted by molar-refractivity contribution is 7.86. The summed E-state index contributed by atoms with van der Waals surface area (Å²) in [6.07, 6.45) is 1.75. The minimum absolute atomic E-state index is 0.243. The number of carbonyl (C=O) groups excluding carboxylic acids is 1. The summed E-state index contributed by atoms with van der Waals surface area (Å²) < 4.78 is 31.9. The zero-order valence-electron chi connectivity index (χ0n) is 12.2. The van der Waals surface area contributed by atoms with Crippen molar-refractivity contribution in [2.24, 2.45) is 5.92 Å². The van der Waals surface area contributed by atoms with Crippen LogP contribution < -0.4 is 0 Å². The van der Waals surface area contributed by atoms with Crippen LogP contribution in [-0.4, -0.2) is 51.0 Å². The van der Waals surface area contributed by atoms with E-state index in [0.717, 1.165) is 6.26 Å². The van der Waals surface area contributed by atoms with Gasteiger partial charge in [-0.25, -0.2) is 4.79 Å². The van der Waals surface area contributed by atoms with Crippen LogP contribution in [0.4, 0.5) is 4.79 Å². The van der Waals surface area contributed by atoms with Gasteiger partial charge in [0.1, 0.15) is 5.60 Å². The second-order valence-electron chi connectivity index (χ2n) is 6.12. The topological polar surface area (TPSA) is 72.9 Å². The quantitative estimate of drug-likeness (QED) is 0.736. The fourth-order valence-corrected chi connectivity index (χ4v) is 2.60. The van der Waals surface area contributed by atoms with Crippen LogP contribution in [-0.2, 0) is 19.0 Å². The van der Waals surface area contributed by atoms with Crippen LogP contribution in [0.5, 0.6) is 0 Å². The van der Waals surface area contributed by atoms with Gasteiger partial charge in [0.2, 0.25) is 0 Å². The van der Waals surface area contributed by atoms with E-state index in [0.29, 0.717) is 19.4 Å². The molecule has 1 aliphatic carbocycles. The summed E-state index contributed by atoms with van der Waals surface area (Å²) in [7, 11) is -1.70. The molecule has 6 nitrogen and oxygen atoms in total. The maximum absolute atomic E-state index is 11.7. The average molecular weight is 293 g/mol. The fraction of sp³-hybridized carbons (Fsp3) is 0.917. The molecule has 0 N–H and O–H groups in total. The lowest BCUT2D eigenvalue weighted by Crippen LogP contribution is -2.42. The lowest BCUT2D eigenvalue weighted by molar-refractivity contribution is 0.0130. The van der Waals surface area contributed by atoms with Gasteiger partial charge in [-0.2, -0.15) is 8.42 Å². The van der Waals surface area contributed by atoms with E-state index >= 15 is 0 Å². The van der Waals surface area contributed by atoms with Gasteiger partial charge in [0.05, 0.1) is 12.4 Å². The van der Waals surface area contributed by atoms with Gasteiger partial charge in [-0.15, -0.1) is 0 Å². The maximum Gasteiger partial charge on any atom is 0.410 e. The number of ether oxygens (including phenoxy) is 1. The zero-order chi connectivity index (χ0) is 14.8. The Morgan fingerprint density at radius 2 is 1.84 bits per heavy atom. The van der Waals surface area contributed by atoms with Crippen LogP contribution in [0.25, 0.3) is 0 Å². The third kappa shape index (κ3) is 6.24. The standard InChI is InChI=1S/C12H23NO5S/c1-12(2,3)17-11(14)13(4)8-9-6-10(7-9)18-19(5,15)16/h9-10H,6-8H2,1-5H3. The SMILES string of the molecule is CN(CC1CC(OS(C)(=O)=O)C1)C(=O)OC(C)(C)C. The summed E-state index contributed by atoms with van der Waals surface area (Å²) in [5.41, 5.74) is -0.507. The van der Waals surface area contributed by atoms with Gasteiger partial charge in [0.15, 0.2) is 0 Å². The minimum atomic E-state index is -3.38. The van der Waals surface area contributed by atoms with Crippen molar-refractivity contribution in [2.45, 2.75) is 45.3 Å². The molecule has 1 fully saturated rings. The van der Waals surface area contributed by atoms with Crippen LogP contribution >= 0.6 is 0 Å². The molecule has 0 aromatic carbocycles. The first-order valence-corrected chi connectivity index (χ1v) is 8.10. The molecule has 7 heteroatoms. The lowest BCUT2D eigenvalue weighted by atomic mass is 9.82. The third-order valence-corrected chi connectivity index (χ3v) is 3.36. The van der Waals surface area contributed by atoms with Gasteiger partial charge >= 0.3 is 6.09 Å². The van der Waals surface area contributed by atoms with Gasteiger partial charge < -0.3 is 9.64 Å². The molecule has 112 valence electrons. The highest BCUT2D eigenvalue weighted by Gasteiger charge is 2.34. The molecule has 19 heavy (non-hydrogen) atoms. The molecule has 1 amide bonds. The van der Waals surface area contributed by atoms with Crippen molar-refractivity contribution >= 4 is 16.2 Å². The largest absolute Gasteiger partial charge is 0.444 e. The first kappa shape index (κ1) is 16.2. The van der Waals surface area contributed by atoms with Crippen molar-refractivity contribution in [1.82, 2.24) is 4.90 Å². The zero-order valence-corrected chi connectivity index (χ0v) is 13.0. The van der Waals surface area contributed by atoms with Crippen LogP contribution in [0.2, 0.25) is 0 Å². The Kier molecular flexibility index (Phi) is 4.84. The summed E-state index contributed by atoms with van der Waals surface area (Å²) >= 11 is 0. The Bertz CT molecular complexity index is 420. The van der Waals surface area contributed by atoms with E-state index in [9.17, 15) is 13.2 Å². The van der Waals surface area contributed by atoms with Crippen LogP contribution in [0.3, 0.4) is 0 Å². The number of hydrogen-bond donors (Lipinski definition) is 0. The Balaban J connectivity index is 2.29. The smallest absolute Gasteiger partial charge is 0.410 e. The van der Waals surface area contributed by atoms with Crippen LogP contribution in [0.15, 0.2) is 0 Å². The van der Waals surface area contributed by atoms with E-state index in [-0.39, 0.29) is 18.1 Å². The molecule has 0 unspecified atom stereocenters. The van der Waals surface area contributed by atoms with E-state index in [1.165, 1.54) is 4.90 Å². The van der Waals surface area contributed by atoms with Gasteiger partial charge in [0, 0.05) is 13.6 Å². The summed E-state index contributed by atoms with van der Waals surface area (Å²) in [4.78, 5) is 13.2. The van der Waals surface area contributed by atoms with Crippen molar-refractivity contribution in [3.8, 4) is 0 Å². The first-order chi connectivity index (χ1) is 8.46. The molecule has 0 spiro atoms. The second-order valence-corrected chi connectivity index (χ2v) is 7.72. The molecule has 0 radical (unpaired) electrons. The highest BCUT2D eigenvalue weighted by Crippen LogP contribution is 2.31. The molecule has 0 atom stereocenters. The molecule has 0 aromatic heterocycles. The molecule has 0 aromatic rings. The normalized spacial score (nSPS) is 23.6. The maximum atomic E-state index is 11.7. The lowest BCUT2D eigenvalue weighted by Gasteiger charge is -2.36. The number of rotatable bonds is 4. The number of amides is 1. The Labute approximate surface area is 115 Å². The van der Waals surface area contributed by atoms with Gasteiger partial charge in [-0.05, 0) is 39.5 Å². The van der Waals surface area contributed by atoms with Gasteiger partial charge in [0.25, 0.3) is 10.1 Å². The molecule has 1 aliphatic rings. The molecule has 0 aliphatic heterocycles. The fourth-order valence-electron chi connectivity index (χ4n) is 1.95. The van der Waals surface area contributed by atoms with Crippen LogP contribution in [0, 0.1) is 5.92 Å². The summed E-state index contributed by atoms with van der Waals surface area (Å²) in [6.45, 7) is 6.01. The van der Waals surface area contributed by atoms with Crippen molar-refractivity contribution in [1.29, 1.82) is 0 Å². The molecule has 0 saturated heterocycles. The first-order valence-electron chi connectivity index (χ1n) is 6.28.